The Morgan fingerprint density at radius 2 is 2.00 bits per heavy atom. The average Bonchev–Trinajstić information content (AvgIpc) is 2.39. The second kappa shape index (κ2) is 5.49. The highest BCUT2D eigenvalue weighted by atomic mass is 35.5. The predicted octanol–water partition coefficient (Wildman–Crippen LogP) is 2.69. The van der Waals surface area contributed by atoms with E-state index in [1.54, 1.807) is 18.2 Å². The molecule has 1 aromatic carbocycles. The highest BCUT2D eigenvalue weighted by Gasteiger charge is 2.09. The van der Waals surface area contributed by atoms with Gasteiger partial charge in [-0.3, -0.25) is 4.79 Å². The van der Waals surface area contributed by atoms with Gasteiger partial charge in [-0.05, 0) is 30.3 Å². The van der Waals surface area contributed by atoms with Crippen LogP contribution < -0.4 is 5.32 Å². The van der Waals surface area contributed by atoms with Crippen LogP contribution in [0.3, 0.4) is 0 Å². The highest BCUT2D eigenvalue weighted by Crippen LogP contribution is 2.12. The van der Waals surface area contributed by atoms with Gasteiger partial charge in [-0.25, -0.2) is 9.78 Å². The molecule has 2 aromatic rings. The first-order valence-electron chi connectivity index (χ1n) is 5.32. The van der Waals surface area contributed by atoms with Crippen molar-refractivity contribution in [1.29, 1.82) is 0 Å². The summed E-state index contributed by atoms with van der Waals surface area (Å²) in [4.78, 5) is 26.5. The number of nitrogens with one attached hydrogen (secondary N) is 1. The summed E-state index contributed by atoms with van der Waals surface area (Å²) in [6.45, 7) is 0. The van der Waals surface area contributed by atoms with Gasteiger partial charge in [0.05, 0.1) is 10.6 Å². The second-order valence-corrected chi connectivity index (χ2v) is 4.14. The van der Waals surface area contributed by atoms with Gasteiger partial charge in [0.1, 0.15) is 5.69 Å². The van der Waals surface area contributed by atoms with Crippen LogP contribution in [0.5, 0.6) is 0 Å². The molecule has 1 aromatic heterocycles. The van der Waals surface area contributed by atoms with Crippen LogP contribution in [-0.2, 0) is 0 Å². The Morgan fingerprint density at radius 1 is 1.21 bits per heavy atom. The number of carbonyl (C=O) groups is 2. The maximum absolute atomic E-state index is 11.8. The maximum atomic E-state index is 11.8. The number of aromatic nitrogens is 1. The molecule has 2 N–H and O–H groups in total. The van der Waals surface area contributed by atoms with Gasteiger partial charge in [0.25, 0.3) is 5.91 Å². The van der Waals surface area contributed by atoms with E-state index in [9.17, 15) is 9.59 Å². The molecule has 0 saturated carbocycles. The topological polar surface area (TPSA) is 79.3 Å². The molecule has 0 aliphatic heterocycles. The van der Waals surface area contributed by atoms with E-state index in [4.69, 9.17) is 16.7 Å². The van der Waals surface area contributed by atoms with Gasteiger partial charge in [-0.15, -0.1) is 0 Å². The van der Waals surface area contributed by atoms with E-state index in [-0.39, 0.29) is 11.3 Å². The summed E-state index contributed by atoms with van der Waals surface area (Å²) >= 11 is 5.67. The minimum atomic E-state index is -1.05. The van der Waals surface area contributed by atoms with Crippen molar-refractivity contribution < 1.29 is 14.7 Å². The smallest absolute Gasteiger partial charge is 0.335 e. The molecule has 1 heterocycles. The summed E-state index contributed by atoms with van der Waals surface area (Å²) in [7, 11) is 0. The number of hydrogen-bond acceptors (Lipinski definition) is 3. The van der Waals surface area contributed by atoms with Gasteiger partial charge in [-0.2, -0.15) is 0 Å². The highest BCUT2D eigenvalue weighted by molar-refractivity contribution is 6.30. The molecule has 0 saturated heterocycles. The van der Waals surface area contributed by atoms with Gasteiger partial charge in [0.2, 0.25) is 0 Å². The molecule has 0 unspecified atom stereocenters. The normalized spacial score (nSPS) is 9.95. The van der Waals surface area contributed by atoms with Crippen molar-refractivity contribution in [2.75, 3.05) is 5.32 Å². The van der Waals surface area contributed by atoms with Crippen LogP contribution in [0.15, 0.2) is 42.6 Å². The number of carboxylic acids is 1. The lowest BCUT2D eigenvalue weighted by molar-refractivity contribution is 0.0696. The minimum absolute atomic E-state index is 0.0989. The molecule has 19 heavy (non-hydrogen) atoms. The summed E-state index contributed by atoms with van der Waals surface area (Å²) in [6, 6.07) is 9.00. The van der Waals surface area contributed by atoms with E-state index in [2.05, 4.69) is 10.3 Å². The van der Waals surface area contributed by atoms with Gasteiger partial charge >= 0.3 is 5.97 Å². The van der Waals surface area contributed by atoms with E-state index in [1.807, 2.05) is 0 Å². The number of carboxylic acid groups (broad SMARTS) is 1. The molecule has 0 atom stereocenters. The van der Waals surface area contributed by atoms with Crippen molar-refractivity contribution in [2.24, 2.45) is 0 Å². The molecule has 0 radical (unpaired) electrons. The number of halogens is 1. The quantitative estimate of drug-likeness (QED) is 0.903. The van der Waals surface area contributed by atoms with Crippen molar-refractivity contribution in [3.05, 3.63) is 58.9 Å². The fourth-order valence-electron chi connectivity index (χ4n) is 1.44. The van der Waals surface area contributed by atoms with Gasteiger partial charge in [0, 0.05) is 11.9 Å². The van der Waals surface area contributed by atoms with E-state index in [1.165, 1.54) is 24.4 Å². The Balaban J connectivity index is 2.17. The number of aromatic carboxylic acids is 1. The Bertz CT molecular complexity index is 626. The van der Waals surface area contributed by atoms with Gasteiger partial charge in [-0.1, -0.05) is 17.7 Å². The largest absolute Gasteiger partial charge is 0.478 e. The minimum Gasteiger partial charge on any atom is -0.478 e. The fourth-order valence-corrected chi connectivity index (χ4v) is 1.55. The van der Waals surface area contributed by atoms with E-state index in [0.29, 0.717) is 10.7 Å². The first-order valence-corrected chi connectivity index (χ1v) is 5.70. The number of carbonyl (C=O) groups excluding carboxylic acids is 1. The molecule has 0 aliphatic rings. The molecular weight excluding hydrogens is 268 g/mol. The SMILES string of the molecule is O=C(O)c1cccc(NC(=O)c2ccc(Cl)cn2)c1. The van der Waals surface area contributed by atoms with Crippen LogP contribution in [-0.4, -0.2) is 22.0 Å². The van der Waals surface area contributed by atoms with Crippen molar-refractivity contribution in [3.63, 3.8) is 0 Å². The lowest BCUT2D eigenvalue weighted by atomic mass is 10.2. The van der Waals surface area contributed by atoms with Crippen molar-refractivity contribution in [2.45, 2.75) is 0 Å². The van der Waals surface area contributed by atoms with E-state index in [0.717, 1.165) is 0 Å². The van der Waals surface area contributed by atoms with Crippen molar-refractivity contribution in [1.82, 2.24) is 4.98 Å². The second-order valence-electron chi connectivity index (χ2n) is 3.70. The molecule has 2 rings (SSSR count). The number of amides is 1. The standard InChI is InChI=1S/C13H9ClN2O3/c14-9-4-5-11(15-7-9)12(17)16-10-3-1-2-8(6-10)13(18)19/h1-7H,(H,16,17)(H,18,19). The lowest BCUT2D eigenvalue weighted by Gasteiger charge is -2.05. The van der Waals surface area contributed by atoms with Crippen molar-refractivity contribution >= 4 is 29.2 Å². The zero-order valence-corrected chi connectivity index (χ0v) is 10.4. The Hall–Kier alpha value is -2.40. The van der Waals surface area contributed by atoms with E-state index >= 15 is 0 Å². The average molecular weight is 277 g/mol. The summed E-state index contributed by atoms with van der Waals surface area (Å²) in [5.74, 6) is -1.49. The third-order valence-corrected chi connectivity index (χ3v) is 2.55. The van der Waals surface area contributed by atoms with Crippen LogP contribution in [0, 0.1) is 0 Å². The molecule has 96 valence electrons. The monoisotopic (exact) mass is 276 g/mol. The molecule has 0 fully saturated rings. The number of nitrogens with zero attached hydrogens (tertiary/aromatic N) is 1. The number of hydrogen-bond donors (Lipinski definition) is 2. The number of anilines is 1. The third-order valence-electron chi connectivity index (χ3n) is 2.33. The predicted molar refractivity (Wildman–Crippen MR) is 70.6 cm³/mol. The number of rotatable bonds is 3. The third kappa shape index (κ3) is 3.29. The molecule has 5 nitrogen and oxygen atoms in total. The fraction of sp³-hybridized carbons (Fsp3) is 0. The molecule has 1 amide bonds. The molecular formula is C13H9ClN2O3. The first kappa shape index (κ1) is 13.0. The van der Waals surface area contributed by atoms with Crippen LogP contribution in [0.2, 0.25) is 5.02 Å². The Morgan fingerprint density at radius 3 is 2.63 bits per heavy atom. The van der Waals surface area contributed by atoms with Gasteiger partial charge < -0.3 is 10.4 Å². The van der Waals surface area contributed by atoms with E-state index < -0.39 is 11.9 Å². The summed E-state index contributed by atoms with van der Waals surface area (Å²) in [5.41, 5.74) is 0.689. The zero-order chi connectivity index (χ0) is 13.8. The molecule has 0 aliphatic carbocycles. The van der Waals surface area contributed by atoms with Gasteiger partial charge in [0.15, 0.2) is 0 Å². The zero-order valence-electron chi connectivity index (χ0n) is 9.63. The summed E-state index contributed by atoms with van der Waals surface area (Å²) in [6.07, 6.45) is 1.37. The lowest BCUT2D eigenvalue weighted by Crippen LogP contribution is -2.13. The van der Waals surface area contributed by atoms with Crippen LogP contribution in [0.25, 0.3) is 0 Å². The molecule has 0 bridgehead atoms. The van der Waals surface area contributed by atoms with Crippen LogP contribution in [0.1, 0.15) is 20.8 Å². The Kier molecular flexibility index (Phi) is 3.77. The summed E-state index contributed by atoms with van der Waals surface area (Å²) < 4.78 is 0. The molecule has 6 heteroatoms. The number of benzene rings is 1. The maximum Gasteiger partial charge on any atom is 0.335 e. The molecule has 0 spiro atoms. The van der Waals surface area contributed by atoms with Crippen LogP contribution >= 0.6 is 11.6 Å². The van der Waals surface area contributed by atoms with Crippen LogP contribution in [0.4, 0.5) is 5.69 Å². The van der Waals surface area contributed by atoms with Crippen molar-refractivity contribution in [3.8, 4) is 0 Å². The first-order chi connectivity index (χ1) is 9.06. The summed E-state index contributed by atoms with van der Waals surface area (Å²) in [5, 5.41) is 11.9. The Labute approximate surface area is 113 Å². The number of pyridine rings is 1.